The molecule has 0 aromatic heterocycles. The second kappa shape index (κ2) is 6.56. The van der Waals surface area contributed by atoms with Gasteiger partial charge in [-0.2, -0.15) is 0 Å². The van der Waals surface area contributed by atoms with Crippen LogP contribution in [0.3, 0.4) is 0 Å². The molecule has 1 aliphatic rings. The Kier molecular flexibility index (Phi) is 5.36. The molecule has 16 heavy (non-hydrogen) atoms. The molecule has 0 spiro atoms. The molecule has 0 aliphatic heterocycles. The molecule has 0 N–H and O–H groups in total. The van der Waals surface area contributed by atoms with Crippen molar-refractivity contribution >= 4 is 5.97 Å². The molecule has 92 valence electrons. The molecule has 0 saturated heterocycles. The number of hydrogen-bond donors (Lipinski definition) is 0. The number of ether oxygens (including phenoxy) is 1. The van der Waals surface area contributed by atoms with Crippen molar-refractivity contribution in [2.45, 2.75) is 45.6 Å². The Bertz CT molecular complexity index is 242. The minimum Gasteiger partial charge on any atom is -0.466 e. The third-order valence-corrected chi connectivity index (χ3v) is 2.97. The molecule has 3 nitrogen and oxygen atoms in total. The summed E-state index contributed by atoms with van der Waals surface area (Å²) in [6.45, 7) is 5.42. The summed E-state index contributed by atoms with van der Waals surface area (Å²) < 4.78 is 4.62. The van der Waals surface area contributed by atoms with Gasteiger partial charge < -0.3 is 9.64 Å². The smallest absolute Gasteiger partial charge is 0.331 e. The van der Waals surface area contributed by atoms with Crippen LogP contribution >= 0.6 is 0 Å². The van der Waals surface area contributed by atoms with Crippen LogP contribution in [0.1, 0.15) is 39.5 Å². The summed E-state index contributed by atoms with van der Waals surface area (Å²) in [5.41, 5.74) is 0. The van der Waals surface area contributed by atoms with Gasteiger partial charge in [-0.05, 0) is 18.8 Å². The maximum absolute atomic E-state index is 11.1. The first kappa shape index (κ1) is 13.1. The van der Waals surface area contributed by atoms with Crippen molar-refractivity contribution in [1.29, 1.82) is 0 Å². The summed E-state index contributed by atoms with van der Waals surface area (Å²) in [5.74, 6) is 0.342. The first-order valence-electron chi connectivity index (χ1n) is 6.15. The molecule has 1 fully saturated rings. The van der Waals surface area contributed by atoms with Gasteiger partial charge in [-0.1, -0.05) is 26.7 Å². The van der Waals surface area contributed by atoms with E-state index in [9.17, 15) is 4.79 Å². The van der Waals surface area contributed by atoms with Crippen LogP contribution in [0.5, 0.6) is 0 Å². The van der Waals surface area contributed by atoms with E-state index in [2.05, 4.69) is 23.5 Å². The SMILES string of the molecule is COC(=O)C=CN(CC(C)C)C1CCCC1. The summed E-state index contributed by atoms with van der Waals surface area (Å²) in [6, 6.07) is 0.614. The van der Waals surface area contributed by atoms with Crippen LogP contribution in [0.25, 0.3) is 0 Å². The number of carbonyl (C=O) groups excluding carboxylic acids is 1. The van der Waals surface area contributed by atoms with Gasteiger partial charge in [0.05, 0.1) is 7.11 Å². The van der Waals surface area contributed by atoms with Gasteiger partial charge in [-0.15, -0.1) is 0 Å². The highest BCUT2D eigenvalue weighted by Crippen LogP contribution is 2.24. The van der Waals surface area contributed by atoms with Gasteiger partial charge in [-0.3, -0.25) is 0 Å². The molecule has 1 rings (SSSR count). The zero-order chi connectivity index (χ0) is 12.0. The van der Waals surface area contributed by atoms with E-state index in [0.29, 0.717) is 12.0 Å². The average molecular weight is 225 g/mol. The van der Waals surface area contributed by atoms with Gasteiger partial charge in [-0.25, -0.2) is 4.79 Å². The van der Waals surface area contributed by atoms with Gasteiger partial charge in [0, 0.05) is 24.9 Å². The monoisotopic (exact) mass is 225 g/mol. The lowest BCUT2D eigenvalue weighted by atomic mass is 10.1. The third kappa shape index (κ3) is 4.25. The number of carbonyl (C=O) groups is 1. The third-order valence-electron chi connectivity index (χ3n) is 2.97. The summed E-state index contributed by atoms with van der Waals surface area (Å²) >= 11 is 0. The molecule has 0 heterocycles. The Morgan fingerprint density at radius 3 is 2.56 bits per heavy atom. The second-order valence-corrected chi connectivity index (χ2v) is 4.87. The van der Waals surface area contributed by atoms with Crippen LogP contribution in [0, 0.1) is 5.92 Å². The summed E-state index contributed by atoms with van der Waals surface area (Å²) in [7, 11) is 1.41. The molecule has 1 aliphatic carbocycles. The Labute approximate surface area is 98.5 Å². The lowest BCUT2D eigenvalue weighted by molar-refractivity contribution is -0.134. The minimum atomic E-state index is -0.272. The summed E-state index contributed by atoms with van der Waals surface area (Å²) in [5, 5.41) is 0. The van der Waals surface area contributed by atoms with Crippen LogP contribution in [-0.4, -0.2) is 30.6 Å². The lowest BCUT2D eigenvalue weighted by Gasteiger charge is -2.29. The zero-order valence-corrected chi connectivity index (χ0v) is 10.6. The van der Waals surface area contributed by atoms with Crippen LogP contribution in [0.4, 0.5) is 0 Å². The van der Waals surface area contributed by atoms with Gasteiger partial charge in [0.25, 0.3) is 0 Å². The standard InChI is InChI=1S/C13H23NO2/c1-11(2)10-14(9-8-13(15)16-3)12-6-4-5-7-12/h8-9,11-12H,4-7,10H2,1-3H3. The second-order valence-electron chi connectivity index (χ2n) is 4.87. The number of rotatable bonds is 5. The molecule has 0 radical (unpaired) electrons. The van der Waals surface area contributed by atoms with E-state index in [1.807, 2.05) is 6.20 Å². The molecule has 0 aromatic rings. The van der Waals surface area contributed by atoms with E-state index >= 15 is 0 Å². The molecule has 0 bridgehead atoms. The topological polar surface area (TPSA) is 29.5 Å². The van der Waals surface area contributed by atoms with Crippen molar-refractivity contribution in [3.05, 3.63) is 12.3 Å². The average Bonchev–Trinajstić information content (AvgIpc) is 2.76. The predicted octanol–water partition coefficient (Wildman–Crippen LogP) is 2.57. The number of methoxy groups -OCH3 is 1. The highest BCUT2D eigenvalue weighted by Gasteiger charge is 2.20. The Balaban J connectivity index is 2.55. The van der Waals surface area contributed by atoms with Crippen molar-refractivity contribution in [3.8, 4) is 0 Å². The molecule has 0 unspecified atom stereocenters. The number of hydrogen-bond acceptors (Lipinski definition) is 3. The Hall–Kier alpha value is -0.990. The fraction of sp³-hybridized carbons (Fsp3) is 0.769. The number of esters is 1. The minimum absolute atomic E-state index is 0.272. The Morgan fingerprint density at radius 1 is 1.44 bits per heavy atom. The van der Waals surface area contributed by atoms with Crippen molar-refractivity contribution < 1.29 is 9.53 Å². The van der Waals surface area contributed by atoms with Gasteiger partial charge in [0.2, 0.25) is 0 Å². The van der Waals surface area contributed by atoms with Gasteiger partial charge in [0.1, 0.15) is 0 Å². The van der Waals surface area contributed by atoms with E-state index < -0.39 is 0 Å². The molecule has 3 heteroatoms. The first-order valence-corrected chi connectivity index (χ1v) is 6.15. The van der Waals surface area contributed by atoms with Crippen molar-refractivity contribution in [3.63, 3.8) is 0 Å². The molecule has 0 amide bonds. The number of nitrogens with zero attached hydrogens (tertiary/aromatic N) is 1. The quantitative estimate of drug-likeness (QED) is 0.532. The molecular weight excluding hydrogens is 202 g/mol. The molecular formula is C13H23NO2. The first-order chi connectivity index (χ1) is 7.63. The maximum atomic E-state index is 11.1. The van der Waals surface area contributed by atoms with E-state index in [-0.39, 0.29) is 5.97 Å². The Morgan fingerprint density at radius 2 is 2.06 bits per heavy atom. The normalized spacial score (nSPS) is 17.2. The van der Waals surface area contributed by atoms with E-state index in [4.69, 9.17) is 0 Å². The lowest BCUT2D eigenvalue weighted by Crippen LogP contribution is -2.31. The van der Waals surface area contributed by atoms with E-state index in [0.717, 1.165) is 6.54 Å². The fourth-order valence-corrected chi connectivity index (χ4v) is 2.21. The van der Waals surface area contributed by atoms with Crippen LogP contribution in [0.2, 0.25) is 0 Å². The summed E-state index contributed by atoms with van der Waals surface area (Å²) in [4.78, 5) is 13.4. The fourth-order valence-electron chi connectivity index (χ4n) is 2.21. The maximum Gasteiger partial charge on any atom is 0.331 e. The van der Waals surface area contributed by atoms with E-state index in [1.165, 1.54) is 38.9 Å². The highest BCUT2D eigenvalue weighted by atomic mass is 16.5. The van der Waals surface area contributed by atoms with Crippen molar-refractivity contribution in [2.24, 2.45) is 5.92 Å². The largest absolute Gasteiger partial charge is 0.466 e. The van der Waals surface area contributed by atoms with Gasteiger partial charge >= 0.3 is 5.97 Å². The van der Waals surface area contributed by atoms with Crippen LogP contribution in [0.15, 0.2) is 12.3 Å². The van der Waals surface area contributed by atoms with E-state index in [1.54, 1.807) is 0 Å². The van der Waals surface area contributed by atoms with Crippen LogP contribution in [-0.2, 0) is 9.53 Å². The molecule has 1 saturated carbocycles. The van der Waals surface area contributed by atoms with Crippen molar-refractivity contribution in [2.75, 3.05) is 13.7 Å². The molecule has 0 atom stereocenters. The van der Waals surface area contributed by atoms with Crippen LogP contribution < -0.4 is 0 Å². The van der Waals surface area contributed by atoms with Gasteiger partial charge in [0.15, 0.2) is 0 Å². The summed E-state index contributed by atoms with van der Waals surface area (Å²) in [6.07, 6.45) is 8.55. The predicted molar refractivity (Wildman–Crippen MR) is 65.0 cm³/mol. The van der Waals surface area contributed by atoms with Crippen molar-refractivity contribution in [1.82, 2.24) is 4.90 Å². The highest BCUT2D eigenvalue weighted by molar-refractivity contribution is 5.81. The molecule has 0 aromatic carbocycles. The zero-order valence-electron chi connectivity index (χ0n) is 10.6.